The van der Waals surface area contributed by atoms with Gasteiger partial charge in [0.2, 0.25) is 0 Å². The van der Waals surface area contributed by atoms with E-state index in [9.17, 15) is 9.90 Å². The minimum absolute atomic E-state index is 0.111. The molecule has 0 saturated carbocycles. The van der Waals surface area contributed by atoms with Gasteiger partial charge in [0.25, 0.3) is 0 Å². The molecule has 6 heteroatoms. The number of nitrogens with zero attached hydrogens (tertiary/aromatic N) is 2. The normalized spacial score (nSPS) is 10.8. The molecule has 5 nitrogen and oxygen atoms in total. The van der Waals surface area contributed by atoms with Crippen molar-refractivity contribution in [1.82, 2.24) is 9.38 Å². The first-order valence-corrected chi connectivity index (χ1v) is 6.21. The molecule has 0 unspecified atom stereocenters. The van der Waals surface area contributed by atoms with Crippen LogP contribution < -0.4 is 5.73 Å². The van der Waals surface area contributed by atoms with Crippen molar-refractivity contribution in [2.75, 3.05) is 5.73 Å². The van der Waals surface area contributed by atoms with Gasteiger partial charge in [0.1, 0.15) is 17.1 Å². The molecule has 3 aromatic rings. The molecule has 3 N–H and O–H groups in total. The van der Waals surface area contributed by atoms with Crippen LogP contribution in [0, 0.1) is 0 Å². The van der Waals surface area contributed by atoms with E-state index in [1.165, 1.54) is 6.07 Å². The van der Waals surface area contributed by atoms with Crippen molar-refractivity contribution >= 4 is 29.0 Å². The molecule has 0 amide bonds. The van der Waals surface area contributed by atoms with Crippen LogP contribution >= 0.6 is 11.6 Å². The van der Waals surface area contributed by atoms with Crippen molar-refractivity contribution in [3.63, 3.8) is 0 Å². The quantitative estimate of drug-likeness (QED) is 0.759. The Morgan fingerprint density at radius 2 is 1.95 bits per heavy atom. The summed E-state index contributed by atoms with van der Waals surface area (Å²) in [6.07, 6.45) is 1.68. The Bertz CT molecular complexity index is 809. The van der Waals surface area contributed by atoms with Gasteiger partial charge in [0.15, 0.2) is 5.65 Å². The summed E-state index contributed by atoms with van der Waals surface area (Å²) in [4.78, 5) is 15.6. The minimum atomic E-state index is -1.04. The van der Waals surface area contributed by atoms with Gasteiger partial charge in [-0.2, -0.15) is 0 Å². The summed E-state index contributed by atoms with van der Waals surface area (Å²) in [7, 11) is 0. The van der Waals surface area contributed by atoms with Gasteiger partial charge in [-0.25, -0.2) is 9.78 Å². The molecule has 0 spiro atoms. The fraction of sp³-hybridized carbons (Fsp3) is 0. The molecule has 3 rings (SSSR count). The molecule has 0 radical (unpaired) electrons. The van der Waals surface area contributed by atoms with Crippen LogP contribution in [-0.2, 0) is 0 Å². The molecule has 0 saturated heterocycles. The summed E-state index contributed by atoms with van der Waals surface area (Å²) in [5.41, 5.74) is 7.81. The lowest BCUT2D eigenvalue weighted by molar-refractivity contribution is 0.0698. The predicted molar refractivity (Wildman–Crippen MR) is 77.0 cm³/mol. The van der Waals surface area contributed by atoms with Crippen LogP contribution in [-0.4, -0.2) is 20.5 Å². The predicted octanol–water partition coefficient (Wildman–Crippen LogP) is 2.94. The van der Waals surface area contributed by atoms with Gasteiger partial charge < -0.3 is 10.8 Å². The average Bonchev–Trinajstić information content (AvgIpc) is 2.77. The second-order valence-electron chi connectivity index (χ2n) is 4.27. The summed E-state index contributed by atoms with van der Waals surface area (Å²) >= 11 is 5.85. The van der Waals surface area contributed by atoms with E-state index in [4.69, 9.17) is 17.3 Å². The van der Waals surface area contributed by atoms with Gasteiger partial charge >= 0.3 is 5.97 Å². The molecule has 0 atom stereocenters. The van der Waals surface area contributed by atoms with Crippen LogP contribution in [0.3, 0.4) is 0 Å². The van der Waals surface area contributed by atoms with Gasteiger partial charge in [-0.1, -0.05) is 23.7 Å². The molecule has 0 aliphatic carbocycles. The van der Waals surface area contributed by atoms with Crippen molar-refractivity contribution in [3.05, 3.63) is 53.2 Å². The molecule has 100 valence electrons. The first kappa shape index (κ1) is 12.5. The molecule has 0 aliphatic heterocycles. The number of carboxylic acids is 1. The van der Waals surface area contributed by atoms with Gasteiger partial charge in [0.05, 0.1) is 0 Å². The summed E-state index contributed by atoms with van der Waals surface area (Å²) in [5.74, 6) is -0.645. The van der Waals surface area contributed by atoms with Crippen molar-refractivity contribution in [1.29, 1.82) is 0 Å². The second kappa shape index (κ2) is 4.54. The number of fused-ring (bicyclic) bond motifs is 1. The van der Waals surface area contributed by atoms with E-state index in [0.29, 0.717) is 22.2 Å². The third-order valence-corrected chi connectivity index (χ3v) is 3.29. The average molecular weight is 288 g/mol. The number of benzene rings is 1. The lowest BCUT2D eigenvalue weighted by Crippen LogP contribution is -2.01. The first-order chi connectivity index (χ1) is 9.58. The van der Waals surface area contributed by atoms with Crippen molar-refractivity contribution < 1.29 is 9.90 Å². The maximum Gasteiger partial charge on any atom is 0.339 e. The van der Waals surface area contributed by atoms with E-state index in [1.807, 2.05) is 0 Å². The van der Waals surface area contributed by atoms with Gasteiger partial charge in [-0.15, -0.1) is 0 Å². The Balaban J connectivity index is 2.28. The largest absolute Gasteiger partial charge is 0.478 e. The van der Waals surface area contributed by atoms with E-state index in [0.717, 1.165) is 5.56 Å². The van der Waals surface area contributed by atoms with E-state index in [2.05, 4.69) is 4.98 Å². The van der Waals surface area contributed by atoms with Crippen molar-refractivity contribution in [3.8, 4) is 11.3 Å². The van der Waals surface area contributed by atoms with E-state index in [1.54, 1.807) is 40.9 Å². The van der Waals surface area contributed by atoms with Crippen LogP contribution in [0.1, 0.15) is 10.4 Å². The number of pyridine rings is 1. The zero-order valence-electron chi connectivity index (χ0n) is 10.2. The minimum Gasteiger partial charge on any atom is -0.478 e. The number of aromatic carboxylic acids is 1. The molecule has 0 aliphatic rings. The van der Waals surface area contributed by atoms with Gasteiger partial charge in [0, 0.05) is 16.8 Å². The Morgan fingerprint density at radius 3 is 2.60 bits per heavy atom. The van der Waals surface area contributed by atoms with Crippen LogP contribution in [0.4, 0.5) is 5.82 Å². The van der Waals surface area contributed by atoms with Crippen LogP contribution in [0.5, 0.6) is 0 Å². The second-order valence-corrected chi connectivity index (χ2v) is 4.71. The zero-order chi connectivity index (χ0) is 14.3. The maximum absolute atomic E-state index is 11.2. The van der Waals surface area contributed by atoms with E-state index in [-0.39, 0.29) is 5.56 Å². The highest BCUT2D eigenvalue weighted by molar-refractivity contribution is 6.30. The molecule has 2 aromatic heterocycles. The SMILES string of the molecule is Nc1c(-c2ccc(Cl)cc2)nc2c(C(=O)O)cccn12. The fourth-order valence-corrected chi connectivity index (χ4v) is 2.20. The third-order valence-electron chi connectivity index (χ3n) is 3.04. The van der Waals surface area contributed by atoms with E-state index >= 15 is 0 Å². The number of nitrogens with two attached hydrogens (primary N) is 1. The molecule has 0 bridgehead atoms. The molecule has 0 fully saturated rings. The topological polar surface area (TPSA) is 80.6 Å². The number of nitrogen functional groups attached to an aromatic ring is 1. The lowest BCUT2D eigenvalue weighted by atomic mass is 10.1. The number of rotatable bonds is 2. The molecular formula is C14H10ClN3O2. The van der Waals surface area contributed by atoms with Crippen LogP contribution in [0.25, 0.3) is 16.9 Å². The Kier molecular flexibility index (Phi) is 2.84. The number of imidazole rings is 1. The highest BCUT2D eigenvalue weighted by atomic mass is 35.5. The number of hydrogen-bond acceptors (Lipinski definition) is 3. The highest BCUT2D eigenvalue weighted by Gasteiger charge is 2.16. The maximum atomic E-state index is 11.2. The first-order valence-electron chi connectivity index (χ1n) is 5.83. The molecule has 2 heterocycles. The number of carbonyl (C=O) groups is 1. The standard InChI is InChI=1S/C14H10ClN3O2/c15-9-5-3-8(4-6-9)11-12(16)18-7-1-2-10(14(19)20)13(18)17-11/h1-7H,16H2,(H,19,20). The van der Waals surface area contributed by atoms with E-state index < -0.39 is 5.97 Å². The number of hydrogen-bond donors (Lipinski definition) is 2. The lowest BCUT2D eigenvalue weighted by Gasteiger charge is -2.00. The Labute approximate surface area is 119 Å². The summed E-state index contributed by atoms with van der Waals surface area (Å²) in [5, 5.41) is 9.79. The Morgan fingerprint density at radius 1 is 1.25 bits per heavy atom. The zero-order valence-corrected chi connectivity index (χ0v) is 11.0. The number of anilines is 1. The summed E-state index contributed by atoms with van der Waals surface area (Å²) < 4.78 is 1.56. The highest BCUT2D eigenvalue weighted by Crippen LogP contribution is 2.28. The number of carboxylic acid groups (broad SMARTS) is 1. The van der Waals surface area contributed by atoms with Crippen LogP contribution in [0.15, 0.2) is 42.6 Å². The summed E-state index contributed by atoms with van der Waals surface area (Å²) in [6, 6.07) is 10.2. The third kappa shape index (κ3) is 1.88. The molecule has 1 aromatic carbocycles. The van der Waals surface area contributed by atoms with Gasteiger partial charge in [-0.05, 0) is 24.3 Å². The monoisotopic (exact) mass is 287 g/mol. The van der Waals surface area contributed by atoms with Crippen molar-refractivity contribution in [2.45, 2.75) is 0 Å². The Hall–Kier alpha value is -2.53. The molecular weight excluding hydrogens is 278 g/mol. The number of aromatic nitrogens is 2. The summed E-state index contributed by atoms with van der Waals surface area (Å²) in [6.45, 7) is 0. The smallest absolute Gasteiger partial charge is 0.339 e. The van der Waals surface area contributed by atoms with Crippen molar-refractivity contribution in [2.24, 2.45) is 0 Å². The number of halogens is 1. The van der Waals surface area contributed by atoms with Gasteiger partial charge in [-0.3, -0.25) is 4.40 Å². The van der Waals surface area contributed by atoms with Crippen LogP contribution in [0.2, 0.25) is 5.02 Å². The molecule has 20 heavy (non-hydrogen) atoms. The fourth-order valence-electron chi connectivity index (χ4n) is 2.07.